The summed E-state index contributed by atoms with van der Waals surface area (Å²) in [7, 11) is 3.27. The fraction of sp³-hybridized carbons (Fsp3) is 0.355. The number of benzene rings is 2. The normalized spacial score (nSPS) is 12.6. The van der Waals surface area contributed by atoms with Crippen LogP contribution in [0.15, 0.2) is 65.7 Å². The van der Waals surface area contributed by atoms with E-state index in [0.717, 1.165) is 48.5 Å². The Balaban J connectivity index is 1.68. The fourth-order valence-corrected chi connectivity index (χ4v) is 4.76. The molecule has 2 atom stereocenters. The predicted molar refractivity (Wildman–Crippen MR) is 161 cm³/mol. The molecule has 0 bridgehead atoms. The van der Waals surface area contributed by atoms with Crippen LogP contribution in [0.4, 0.5) is 11.6 Å². The second-order valence-corrected chi connectivity index (χ2v) is 9.86. The summed E-state index contributed by atoms with van der Waals surface area (Å²) in [6.07, 6.45) is 5.92. The number of aryl methyl sites for hydroxylation is 1. The number of amides is 1. The van der Waals surface area contributed by atoms with Gasteiger partial charge in [0.05, 0.1) is 18.6 Å². The van der Waals surface area contributed by atoms with Crippen LogP contribution in [0, 0.1) is 5.92 Å². The van der Waals surface area contributed by atoms with Crippen molar-refractivity contribution in [3.05, 3.63) is 82.3 Å². The molecule has 1 amide bonds. The number of pyridine rings is 1. The average molecular weight is 559 g/mol. The first-order valence-corrected chi connectivity index (χ1v) is 13.9. The van der Waals surface area contributed by atoms with Crippen LogP contribution in [0.5, 0.6) is 5.75 Å². The van der Waals surface area contributed by atoms with E-state index < -0.39 is 11.3 Å². The number of hydrogen-bond donors (Lipinski definition) is 3. The van der Waals surface area contributed by atoms with Gasteiger partial charge in [0.1, 0.15) is 11.3 Å². The van der Waals surface area contributed by atoms with E-state index in [9.17, 15) is 9.59 Å². The summed E-state index contributed by atoms with van der Waals surface area (Å²) in [6, 6.07) is 15.5. The van der Waals surface area contributed by atoms with Gasteiger partial charge in [0.25, 0.3) is 5.91 Å². The van der Waals surface area contributed by atoms with Crippen LogP contribution in [0.1, 0.15) is 49.5 Å². The van der Waals surface area contributed by atoms with Gasteiger partial charge < -0.3 is 19.9 Å². The topological polar surface area (TPSA) is 119 Å². The number of carbonyl (C=O) groups is 1. The minimum Gasteiger partial charge on any atom is -0.490 e. The van der Waals surface area contributed by atoms with Crippen LogP contribution in [0.3, 0.4) is 0 Å². The summed E-state index contributed by atoms with van der Waals surface area (Å²) < 4.78 is 7.99. The molecule has 2 aromatic heterocycles. The molecule has 0 aliphatic heterocycles. The van der Waals surface area contributed by atoms with E-state index >= 15 is 0 Å². The molecular weight excluding hydrogens is 520 g/mol. The van der Waals surface area contributed by atoms with E-state index in [1.54, 1.807) is 4.57 Å². The lowest BCUT2D eigenvalue weighted by atomic mass is 9.96. The third kappa shape index (κ3) is 7.08. The van der Waals surface area contributed by atoms with Gasteiger partial charge in [-0.15, -0.1) is 0 Å². The zero-order chi connectivity index (χ0) is 29.4. The highest BCUT2D eigenvalue weighted by Gasteiger charge is 2.19. The minimum absolute atomic E-state index is 0.0542. The number of nitrogens with zero attached hydrogens (tertiary/aromatic N) is 3. The Morgan fingerprint density at radius 2 is 1.90 bits per heavy atom. The maximum Gasteiger partial charge on any atom is 0.280 e. The molecule has 0 fully saturated rings. The van der Waals surface area contributed by atoms with E-state index in [1.165, 1.54) is 19.5 Å². The Bertz CT molecular complexity index is 1540. The lowest BCUT2D eigenvalue weighted by Gasteiger charge is -2.24. The number of hydrogen-bond acceptors (Lipinski definition) is 8. The van der Waals surface area contributed by atoms with Gasteiger partial charge in [-0.3, -0.25) is 14.4 Å². The number of carbonyl (C=O) groups excluding carboxylic acids is 1. The van der Waals surface area contributed by atoms with Crippen molar-refractivity contribution in [2.45, 2.75) is 46.1 Å². The van der Waals surface area contributed by atoms with Crippen LogP contribution in [-0.4, -0.2) is 47.2 Å². The summed E-state index contributed by atoms with van der Waals surface area (Å²) in [5, 5.41) is 6.65. The Morgan fingerprint density at radius 3 is 2.59 bits per heavy atom. The smallest absolute Gasteiger partial charge is 0.280 e. The third-order valence-corrected chi connectivity index (χ3v) is 7.17. The van der Waals surface area contributed by atoms with Gasteiger partial charge in [0.15, 0.2) is 5.65 Å². The van der Waals surface area contributed by atoms with Crippen molar-refractivity contribution in [2.24, 2.45) is 5.92 Å². The van der Waals surface area contributed by atoms with Crippen molar-refractivity contribution in [1.82, 2.24) is 25.3 Å². The second kappa shape index (κ2) is 13.9. The molecule has 2 heterocycles. The summed E-state index contributed by atoms with van der Waals surface area (Å²) in [4.78, 5) is 39.7. The summed E-state index contributed by atoms with van der Waals surface area (Å²) in [5.74, 6) is 0.827. The van der Waals surface area contributed by atoms with Gasteiger partial charge in [-0.1, -0.05) is 32.0 Å². The minimum atomic E-state index is -0.650. The molecule has 216 valence electrons. The lowest BCUT2D eigenvalue weighted by molar-refractivity contribution is 0.0536. The molecule has 0 radical (unpaired) electrons. The van der Waals surface area contributed by atoms with E-state index in [4.69, 9.17) is 14.6 Å². The zero-order valence-electron chi connectivity index (χ0n) is 24.2. The van der Waals surface area contributed by atoms with Crippen molar-refractivity contribution < 1.29 is 14.4 Å². The molecule has 2 unspecified atom stereocenters. The van der Waals surface area contributed by atoms with Crippen molar-refractivity contribution in [2.75, 3.05) is 26.0 Å². The quantitative estimate of drug-likeness (QED) is 0.201. The number of ether oxygens (including phenoxy) is 1. The van der Waals surface area contributed by atoms with Gasteiger partial charge in [0, 0.05) is 29.8 Å². The Kier molecular flexibility index (Phi) is 10.0. The SMILES string of the molecule is CCc1ccc(-n2cc(C(=O)NOC)c(=O)c3cnc(Nc4cccc(OC(C)C(CC)CCNC)c4)nc32)cc1. The first-order valence-electron chi connectivity index (χ1n) is 13.9. The summed E-state index contributed by atoms with van der Waals surface area (Å²) in [5.41, 5.74) is 4.67. The number of anilines is 2. The molecule has 0 spiro atoms. The van der Waals surface area contributed by atoms with Gasteiger partial charge in [-0.25, -0.2) is 10.5 Å². The van der Waals surface area contributed by atoms with Crippen LogP contribution in [-0.2, 0) is 11.3 Å². The van der Waals surface area contributed by atoms with Crippen molar-refractivity contribution in [3.63, 3.8) is 0 Å². The van der Waals surface area contributed by atoms with E-state index in [-0.39, 0.29) is 17.1 Å². The molecule has 4 rings (SSSR count). The number of rotatable bonds is 13. The van der Waals surface area contributed by atoms with E-state index in [0.29, 0.717) is 17.5 Å². The number of aromatic nitrogens is 3. The Labute approximate surface area is 240 Å². The van der Waals surface area contributed by atoms with E-state index in [2.05, 4.69) is 41.9 Å². The number of hydroxylamine groups is 1. The van der Waals surface area contributed by atoms with Crippen LogP contribution in [0.2, 0.25) is 0 Å². The Hall–Kier alpha value is -4.28. The average Bonchev–Trinajstić information content (AvgIpc) is 2.98. The van der Waals surface area contributed by atoms with Gasteiger partial charge in [-0.05, 0) is 75.5 Å². The molecule has 4 aromatic rings. The first-order chi connectivity index (χ1) is 19.9. The Morgan fingerprint density at radius 1 is 1.12 bits per heavy atom. The van der Waals surface area contributed by atoms with E-state index in [1.807, 2.05) is 55.6 Å². The highest BCUT2D eigenvalue weighted by molar-refractivity contribution is 5.96. The number of nitrogens with one attached hydrogen (secondary N) is 3. The standard InChI is InChI=1S/C31H38N6O4/c1-6-21-11-13-24(14-12-21)37-19-27(30(39)36-40-5)28(38)26-18-33-31(35-29(26)37)34-23-9-8-10-25(17-23)41-20(3)22(7-2)15-16-32-4/h8-14,17-20,22,32H,6-7,15-16H2,1-5H3,(H,36,39)(H,33,34,35). The monoisotopic (exact) mass is 558 g/mol. The summed E-state index contributed by atoms with van der Waals surface area (Å²) in [6.45, 7) is 7.30. The molecule has 41 heavy (non-hydrogen) atoms. The maximum atomic E-state index is 13.2. The largest absolute Gasteiger partial charge is 0.490 e. The molecular formula is C31H38N6O4. The van der Waals surface area contributed by atoms with Gasteiger partial charge in [0.2, 0.25) is 11.4 Å². The molecule has 3 N–H and O–H groups in total. The zero-order valence-corrected chi connectivity index (χ0v) is 24.2. The van der Waals surface area contributed by atoms with Crippen molar-refractivity contribution >= 4 is 28.6 Å². The van der Waals surface area contributed by atoms with Gasteiger partial charge in [-0.2, -0.15) is 4.98 Å². The van der Waals surface area contributed by atoms with Gasteiger partial charge >= 0.3 is 0 Å². The molecule has 10 nitrogen and oxygen atoms in total. The third-order valence-electron chi connectivity index (χ3n) is 7.17. The highest BCUT2D eigenvalue weighted by atomic mass is 16.6. The molecule has 0 aliphatic carbocycles. The van der Waals surface area contributed by atoms with Crippen molar-refractivity contribution in [3.8, 4) is 11.4 Å². The van der Waals surface area contributed by atoms with Crippen LogP contribution < -0.4 is 26.3 Å². The maximum absolute atomic E-state index is 13.2. The summed E-state index contributed by atoms with van der Waals surface area (Å²) >= 11 is 0. The molecule has 10 heteroatoms. The van der Waals surface area contributed by atoms with Crippen molar-refractivity contribution in [1.29, 1.82) is 0 Å². The first kappa shape index (κ1) is 29.7. The van der Waals surface area contributed by atoms with Crippen LogP contribution in [0.25, 0.3) is 16.7 Å². The molecule has 0 saturated heterocycles. The molecule has 0 aliphatic rings. The second-order valence-electron chi connectivity index (χ2n) is 9.86. The number of fused-ring (bicyclic) bond motifs is 1. The highest BCUT2D eigenvalue weighted by Crippen LogP contribution is 2.25. The lowest BCUT2D eigenvalue weighted by Crippen LogP contribution is -2.29. The molecule has 2 aromatic carbocycles. The predicted octanol–water partition coefficient (Wildman–Crippen LogP) is 4.78. The van der Waals surface area contributed by atoms with Crippen LogP contribution >= 0.6 is 0 Å². The fourth-order valence-electron chi connectivity index (χ4n) is 4.76. The molecule has 0 saturated carbocycles.